The van der Waals surface area contributed by atoms with Crippen molar-refractivity contribution in [1.82, 2.24) is 0 Å². The maximum Gasteiger partial charge on any atom is 0.186 e. The molecule has 72 valence electrons. The predicted octanol–water partition coefficient (Wildman–Crippen LogP) is 2.19. The van der Waals surface area contributed by atoms with Crippen LogP contribution in [0.3, 0.4) is 0 Å². The Morgan fingerprint density at radius 1 is 1.71 bits per heavy atom. The molecule has 0 amide bonds. The van der Waals surface area contributed by atoms with Gasteiger partial charge in [-0.15, -0.1) is 11.3 Å². The number of rotatable bonds is 2. The van der Waals surface area contributed by atoms with Crippen LogP contribution in [-0.2, 0) is 4.79 Å². The van der Waals surface area contributed by atoms with Gasteiger partial charge in [0, 0.05) is 12.5 Å². The summed E-state index contributed by atoms with van der Waals surface area (Å²) in [5, 5.41) is 1.88. The number of aldehydes is 1. The van der Waals surface area contributed by atoms with Crippen LogP contribution in [0.2, 0.25) is 0 Å². The Morgan fingerprint density at radius 3 is 3.14 bits per heavy atom. The van der Waals surface area contributed by atoms with Crippen molar-refractivity contribution in [3.05, 3.63) is 21.9 Å². The lowest BCUT2D eigenvalue weighted by atomic mass is 10.3. The summed E-state index contributed by atoms with van der Waals surface area (Å²) < 4.78 is 0. The number of thioether (sulfide) groups is 1. The average molecular weight is 224 g/mol. The molecule has 2 nitrogen and oxygen atoms in total. The molecule has 0 aromatic carbocycles. The molecule has 4 heteroatoms. The van der Waals surface area contributed by atoms with Gasteiger partial charge in [0.05, 0.1) is 10.6 Å². The molecule has 1 aromatic heterocycles. The minimum Gasteiger partial charge on any atom is -0.297 e. The third-order valence-electron chi connectivity index (χ3n) is 1.37. The fourth-order valence-corrected chi connectivity index (χ4v) is 1.78. The van der Waals surface area contributed by atoms with E-state index in [0.717, 1.165) is 11.8 Å². The van der Waals surface area contributed by atoms with Gasteiger partial charge in [0.15, 0.2) is 11.4 Å². The van der Waals surface area contributed by atoms with Crippen molar-refractivity contribution in [2.45, 2.75) is 6.92 Å². The van der Waals surface area contributed by atoms with E-state index in [9.17, 15) is 9.59 Å². The van der Waals surface area contributed by atoms with Crippen LogP contribution in [0.5, 0.6) is 0 Å². The first kappa shape index (κ1) is 11.0. The maximum atomic E-state index is 10.6. The highest BCUT2D eigenvalue weighted by Gasteiger charge is 1.98. The summed E-state index contributed by atoms with van der Waals surface area (Å²) in [7, 11) is 0. The van der Waals surface area contributed by atoms with Gasteiger partial charge in [-0.2, -0.15) is 0 Å². The van der Waals surface area contributed by atoms with Crippen molar-refractivity contribution >= 4 is 34.5 Å². The zero-order valence-electron chi connectivity index (χ0n) is 7.57. The monoisotopic (exact) mass is 224 g/mol. The number of carbonyl (C=O) groups excluding carboxylic acids is 2. The summed E-state index contributed by atoms with van der Waals surface area (Å²) in [4.78, 5) is 21.7. The number of carbonyl (C=O) groups is 2. The smallest absolute Gasteiger partial charge is 0.186 e. The first-order chi connectivity index (χ1) is 6.74. The van der Waals surface area contributed by atoms with Crippen LogP contribution in [0.25, 0.3) is 0 Å². The van der Waals surface area contributed by atoms with Gasteiger partial charge in [0.25, 0.3) is 0 Å². The van der Waals surface area contributed by atoms with E-state index in [4.69, 9.17) is 0 Å². The molecule has 1 aromatic rings. The Labute approximate surface area is 90.7 Å². The van der Waals surface area contributed by atoms with E-state index in [0.29, 0.717) is 10.6 Å². The van der Waals surface area contributed by atoms with Crippen molar-refractivity contribution in [3.8, 4) is 11.8 Å². The second-order valence-electron chi connectivity index (χ2n) is 2.40. The van der Waals surface area contributed by atoms with Gasteiger partial charge in [-0.05, 0) is 11.4 Å². The standard InChI is InChI=1S/C10H8O2S2/c1-8(12)13-5-2-3-9-4-6-14-10(9)7-11/h4,6-7H,5H2,1H3. The maximum absolute atomic E-state index is 10.6. The van der Waals surface area contributed by atoms with Crippen LogP contribution in [0.15, 0.2) is 11.4 Å². The van der Waals surface area contributed by atoms with Crippen molar-refractivity contribution in [2.24, 2.45) is 0 Å². The van der Waals surface area contributed by atoms with Gasteiger partial charge in [-0.3, -0.25) is 9.59 Å². The van der Waals surface area contributed by atoms with E-state index in [2.05, 4.69) is 11.8 Å². The van der Waals surface area contributed by atoms with Crippen molar-refractivity contribution in [1.29, 1.82) is 0 Å². The molecular formula is C10H8O2S2. The highest BCUT2D eigenvalue weighted by Crippen LogP contribution is 2.12. The minimum absolute atomic E-state index is 0.0558. The van der Waals surface area contributed by atoms with E-state index in [1.807, 2.05) is 5.38 Å². The first-order valence-electron chi connectivity index (χ1n) is 3.89. The van der Waals surface area contributed by atoms with Crippen molar-refractivity contribution < 1.29 is 9.59 Å². The van der Waals surface area contributed by atoms with E-state index >= 15 is 0 Å². The predicted molar refractivity (Wildman–Crippen MR) is 59.7 cm³/mol. The molecular weight excluding hydrogens is 216 g/mol. The second kappa shape index (κ2) is 5.63. The Bertz CT molecular complexity index is 396. The quantitative estimate of drug-likeness (QED) is 0.570. The summed E-state index contributed by atoms with van der Waals surface area (Å²) in [6.07, 6.45) is 0.798. The van der Waals surface area contributed by atoms with Crippen LogP contribution in [0.1, 0.15) is 22.2 Å². The van der Waals surface area contributed by atoms with Crippen LogP contribution in [0, 0.1) is 11.8 Å². The van der Waals surface area contributed by atoms with Crippen LogP contribution in [-0.4, -0.2) is 17.2 Å². The molecule has 0 bridgehead atoms. The van der Waals surface area contributed by atoms with Crippen molar-refractivity contribution in [2.75, 3.05) is 5.75 Å². The second-order valence-corrected chi connectivity index (χ2v) is 4.50. The molecule has 1 rings (SSSR count). The topological polar surface area (TPSA) is 34.1 Å². The molecule has 0 aliphatic carbocycles. The summed E-state index contributed by atoms with van der Waals surface area (Å²) in [5.41, 5.74) is 0.745. The van der Waals surface area contributed by atoms with E-state index in [1.165, 1.54) is 30.0 Å². The third kappa shape index (κ3) is 3.36. The van der Waals surface area contributed by atoms with Crippen LogP contribution < -0.4 is 0 Å². The molecule has 0 aliphatic rings. The van der Waals surface area contributed by atoms with Crippen LogP contribution in [0.4, 0.5) is 0 Å². The SMILES string of the molecule is CC(=O)SCC#Cc1ccsc1C=O. The Hall–Kier alpha value is -1.05. The lowest BCUT2D eigenvalue weighted by Gasteiger charge is -1.85. The number of hydrogen-bond acceptors (Lipinski definition) is 4. The molecule has 0 aliphatic heterocycles. The Balaban J connectivity index is 2.58. The van der Waals surface area contributed by atoms with Gasteiger partial charge in [0.1, 0.15) is 0 Å². The lowest BCUT2D eigenvalue weighted by molar-refractivity contribution is -0.109. The molecule has 0 radical (unpaired) electrons. The normalized spacial score (nSPS) is 8.93. The third-order valence-corrected chi connectivity index (χ3v) is 2.91. The molecule has 1 heterocycles. The minimum atomic E-state index is 0.0558. The van der Waals surface area contributed by atoms with E-state index in [1.54, 1.807) is 6.07 Å². The first-order valence-corrected chi connectivity index (χ1v) is 5.75. The molecule has 0 spiro atoms. The zero-order valence-corrected chi connectivity index (χ0v) is 9.21. The lowest BCUT2D eigenvalue weighted by Crippen LogP contribution is -1.83. The van der Waals surface area contributed by atoms with Gasteiger partial charge in [0.2, 0.25) is 0 Å². The molecule has 14 heavy (non-hydrogen) atoms. The number of thiophene rings is 1. The van der Waals surface area contributed by atoms with Crippen LogP contribution >= 0.6 is 23.1 Å². The largest absolute Gasteiger partial charge is 0.297 e. The highest BCUT2D eigenvalue weighted by molar-refractivity contribution is 8.13. The van der Waals surface area contributed by atoms with E-state index < -0.39 is 0 Å². The Morgan fingerprint density at radius 2 is 2.50 bits per heavy atom. The molecule has 0 atom stereocenters. The summed E-state index contributed by atoms with van der Waals surface area (Å²) >= 11 is 2.54. The number of hydrogen-bond donors (Lipinski definition) is 0. The molecule has 0 unspecified atom stereocenters. The molecule has 0 fully saturated rings. The average Bonchev–Trinajstić information content (AvgIpc) is 2.59. The van der Waals surface area contributed by atoms with Crippen molar-refractivity contribution in [3.63, 3.8) is 0 Å². The summed E-state index contributed by atoms with van der Waals surface area (Å²) in [5.74, 6) is 6.17. The molecule has 0 saturated carbocycles. The fraction of sp³-hybridized carbons (Fsp3) is 0.200. The summed E-state index contributed by atoms with van der Waals surface area (Å²) in [6, 6.07) is 1.81. The van der Waals surface area contributed by atoms with Gasteiger partial charge >= 0.3 is 0 Å². The van der Waals surface area contributed by atoms with Gasteiger partial charge < -0.3 is 0 Å². The highest BCUT2D eigenvalue weighted by atomic mass is 32.2. The van der Waals surface area contributed by atoms with E-state index in [-0.39, 0.29) is 5.12 Å². The fourth-order valence-electron chi connectivity index (χ4n) is 0.785. The zero-order chi connectivity index (χ0) is 10.4. The molecule has 0 saturated heterocycles. The Kier molecular flexibility index (Phi) is 4.44. The molecule has 0 N–H and O–H groups in total. The summed E-state index contributed by atoms with van der Waals surface area (Å²) in [6.45, 7) is 1.51. The van der Waals surface area contributed by atoms with Gasteiger partial charge in [-0.1, -0.05) is 23.6 Å². The van der Waals surface area contributed by atoms with Gasteiger partial charge in [-0.25, -0.2) is 0 Å².